The molecule has 114 valence electrons. The van der Waals surface area contributed by atoms with Gasteiger partial charge in [0.25, 0.3) is 0 Å². The summed E-state index contributed by atoms with van der Waals surface area (Å²) in [5.74, 6) is 0.451. The Labute approximate surface area is 132 Å². The van der Waals surface area contributed by atoms with Gasteiger partial charge >= 0.3 is 0 Å². The van der Waals surface area contributed by atoms with Gasteiger partial charge in [0.1, 0.15) is 0 Å². The molecule has 0 saturated carbocycles. The van der Waals surface area contributed by atoms with Gasteiger partial charge in [-0.3, -0.25) is 0 Å². The lowest BCUT2D eigenvalue weighted by molar-refractivity contribution is 0.578. The molecule has 0 saturated heterocycles. The Morgan fingerprint density at radius 3 is 2.20 bits per heavy atom. The highest BCUT2D eigenvalue weighted by Gasteiger charge is 2.13. The lowest BCUT2D eigenvalue weighted by atomic mass is 10.1. The molecule has 1 aromatic rings. The van der Waals surface area contributed by atoms with Crippen LogP contribution in [-0.4, -0.2) is 14.2 Å². The number of halogens is 1. The monoisotopic (exact) mass is 360 g/mol. The van der Waals surface area contributed by atoms with Crippen LogP contribution >= 0.6 is 15.9 Å². The molecule has 0 aliphatic heterocycles. The molecule has 0 heterocycles. The second-order valence-electron chi connectivity index (χ2n) is 5.30. The lowest BCUT2D eigenvalue weighted by Gasteiger charge is -2.06. The normalized spacial score (nSPS) is 11.7. The Morgan fingerprint density at radius 2 is 1.55 bits per heavy atom. The van der Waals surface area contributed by atoms with Gasteiger partial charge in [0.15, 0.2) is 9.84 Å². The van der Waals surface area contributed by atoms with E-state index in [9.17, 15) is 8.42 Å². The Hall–Kier alpha value is -0.350. The molecule has 1 rings (SSSR count). The fourth-order valence-electron chi connectivity index (χ4n) is 2.20. The summed E-state index contributed by atoms with van der Waals surface area (Å²) in [6.07, 6.45) is 8.03. The molecule has 2 nitrogen and oxygen atoms in total. The van der Waals surface area contributed by atoms with E-state index in [2.05, 4.69) is 22.9 Å². The molecular formula is C16H25BrO2S. The first-order chi connectivity index (χ1) is 9.55. The zero-order chi connectivity index (χ0) is 14.8. The first kappa shape index (κ1) is 17.7. The van der Waals surface area contributed by atoms with Crippen molar-refractivity contribution in [3.63, 3.8) is 0 Å². The standard InChI is InChI=1S/C16H25BrO2S/c1-2-3-4-5-6-7-10-13-20(18,19)14-15-11-8-9-12-16(15)17/h8-9,11-12H,2-7,10,13-14H2,1H3. The van der Waals surface area contributed by atoms with Crippen molar-refractivity contribution in [3.05, 3.63) is 34.3 Å². The molecule has 0 unspecified atom stereocenters. The number of rotatable bonds is 10. The van der Waals surface area contributed by atoms with Crippen LogP contribution in [0.15, 0.2) is 28.7 Å². The van der Waals surface area contributed by atoms with E-state index in [0.29, 0.717) is 5.75 Å². The van der Waals surface area contributed by atoms with Crippen LogP contribution in [0.2, 0.25) is 0 Å². The predicted octanol–water partition coefficient (Wildman–Crippen LogP) is 5.11. The minimum Gasteiger partial charge on any atom is -0.228 e. The molecule has 0 atom stereocenters. The number of benzene rings is 1. The smallest absolute Gasteiger partial charge is 0.154 e. The number of sulfone groups is 1. The third-order valence-electron chi connectivity index (χ3n) is 3.39. The predicted molar refractivity (Wildman–Crippen MR) is 89.6 cm³/mol. The van der Waals surface area contributed by atoms with E-state index in [1.807, 2.05) is 24.3 Å². The van der Waals surface area contributed by atoms with Crippen molar-refractivity contribution in [1.29, 1.82) is 0 Å². The maximum Gasteiger partial charge on any atom is 0.154 e. The first-order valence-corrected chi connectivity index (χ1v) is 10.1. The van der Waals surface area contributed by atoms with Crippen LogP contribution in [0.3, 0.4) is 0 Å². The van der Waals surface area contributed by atoms with Gasteiger partial charge in [0.05, 0.1) is 11.5 Å². The summed E-state index contributed by atoms with van der Waals surface area (Å²) in [4.78, 5) is 0. The Kier molecular flexibility index (Phi) is 8.46. The van der Waals surface area contributed by atoms with Gasteiger partial charge in [-0.2, -0.15) is 0 Å². The zero-order valence-corrected chi connectivity index (χ0v) is 14.7. The summed E-state index contributed by atoms with van der Waals surface area (Å²) in [5, 5.41) is 0. The quantitative estimate of drug-likeness (QED) is 0.543. The summed E-state index contributed by atoms with van der Waals surface area (Å²) in [6.45, 7) is 2.20. The molecule has 20 heavy (non-hydrogen) atoms. The van der Waals surface area contributed by atoms with Crippen LogP contribution in [-0.2, 0) is 15.6 Å². The number of unbranched alkanes of at least 4 members (excludes halogenated alkanes) is 6. The molecule has 0 N–H and O–H groups in total. The van der Waals surface area contributed by atoms with E-state index >= 15 is 0 Å². The summed E-state index contributed by atoms with van der Waals surface area (Å²) in [7, 11) is -2.98. The van der Waals surface area contributed by atoms with E-state index in [1.54, 1.807) is 0 Å². The first-order valence-electron chi connectivity index (χ1n) is 7.49. The summed E-state index contributed by atoms with van der Waals surface area (Å²) in [5.41, 5.74) is 0.857. The van der Waals surface area contributed by atoms with Crippen molar-refractivity contribution < 1.29 is 8.42 Å². The SMILES string of the molecule is CCCCCCCCCS(=O)(=O)Cc1ccccc1Br. The van der Waals surface area contributed by atoms with Crippen molar-refractivity contribution in [3.8, 4) is 0 Å². The molecule has 0 bridgehead atoms. The fraction of sp³-hybridized carbons (Fsp3) is 0.625. The van der Waals surface area contributed by atoms with Gasteiger partial charge < -0.3 is 0 Å². The number of hydrogen-bond acceptors (Lipinski definition) is 2. The molecule has 0 aromatic heterocycles. The van der Waals surface area contributed by atoms with E-state index in [-0.39, 0.29) is 5.75 Å². The maximum absolute atomic E-state index is 12.1. The van der Waals surface area contributed by atoms with Crippen LogP contribution in [0.25, 0.3) is 0 Å². The van der Waals surface area contributed by atoms with Gasteiger partial charge in [-0.05, 0) is 18.1 Å². The Morgan fingerprint density at radius 1 is 0.950 bits per heavy atom. The van der Waals surface area contributed by atoms with Gasteiger partial charge in [-0.25, -0.2) is 8.42 Å². The van der Waals surface area contributed by atoms with Crippen molar-refractivity contribution in [2.24, 2.45) is 0 Å². The number of hydrogen-bond donors (Lipinski definition) is 0. The minimum absolute atomic E-state index is 0.143. The highest BCUT2D eigenvalue weighted by molar-refractivity contribution is 9.10. The Balaban J connectivity index is 2.27. The Bertz CT molecular complexity index is 483. The topological polar surface area (TPSA) is 34.1 Å². The maximum atomic E-state index is 12.1. The van der Waals surface area contributed by atoms with Gasteiger partial charge in [0, 0.05) is 4.47 Å². The lowest BCUT2D eigenvalue weighted by Crippen LogP contribution is -2.09. The van der Waals surface area contributed by atoms with E-state index in [0.717, 1.165) is 29.3 Å². The van der Waals surface area contributed by atoms with Crippen LogP contribution in [0, 0.1) is 0 Å². The molecule has 0 spiro atoms. The molecule has 0 amide bonds. The summed E-state index contributed by atoms with van der Waals surface area (Å²) >= 11 is 3.40. The van der Waals surface area contributed by atoms with Gasteiger partial charge in [-0.15, -0.1) is 0 Å². The van der Waals surface area contributed by atoms with Crippen molar-refractivity contribution in [2.75, 3.05) is 5.75 Å². The molecular weight excluding hydrogens is 336 g/mol. The highest BCUT2D eigenvalue weighted by Crippen LogP contribution is 2.19. The molecule has 0 aliphatic rings. The van der Waals surface area contributed by atoms with E-state index in [4.69, 9.17) is 0 Å². The van der Waals surface area contributed by atoms with Crippen molar-refractivity contribution in [2.45, 2.75) is 57.6 Å². The van der Waals surface area contributed by atoms with Gasteiger partial charge in [0.2, 0.25) is 0 Å². The third-order valence-corrected chi connectivity index (χ3v) is 5.83. The molecule has 0 fully saturated rings. The minimum atomic E-state index is -2.98. The van der Waals surface area contributed by atoms with Crippen LogP contribution in [0.5, 0.6) is 0 Å². The molecule has 1 aromatic carbocycles. The second kappa shape index (κ2) is 9.56. The molecule has 0 radical (unpaired) electrons. The van der Waals surface area contributed by atoms with Crippen LogP contribution in [0.4, 0.5) is 0 Å². The average Bonchev–Trinajstić information content (AvgIpc) is 2.40. The summed E-state index contributed by atoms with van der Waals surface area (Å²) in [6, 6.07) is 7.53. The fourth-order valence-corrected chi connectivity index (χ4v) is 4.33. The van der Waals surface area contributed by atoms with Crippen LogP contribution < -0.4 is 0 Å². The average molecular weight is 361 g/mol. The molecule has 4 heteroatoms. The largest absolute Gasteiger partial charge is 0.228 e. The van der Waals surface area contributed by atoms with E-state index < -0.39 is 9.84 Å². The summed E-state index contributed by atoms with van der Waals surface area (Å²) < 4.78 is 25.0. The van der Waals surface area contributed by atoms with Gasteiger partial charge in [-0.1, -0.05) is 79.6 Å². The third kappa shape index (κ3) is 7.44. The highest BCUT2D eigenvalue weighted by atomic mass is 79.9. The van der Waals surface area contributed by atoms with Crippen molar-refractivity contribution in [1.82, 2.24) is 0 Å². The van der Waals surface area contributed by atoms with Crippen LogP contribution in [0.1, 0.15) is 57.4 Å². The molecule has 0 aliphatic carbocycles. The second-order valence-corrected chi connectivity index (χ2v) is 8.34. The zero-order valence-electron chi connectivity index (χ0n) is 12.3. The van der Waals surface area contributed by atoms with E-state index in [1.165, 1.54) is 25.7 Å². The van der Waals surface area contributed by atoms with Crippen molar-refractivity contribution >= 4 is 25.8 Å².